The molecule has 1 aromatic carbocycles. The fourth-order valence-corrected chi connectivity index (χ4v) is 5.11. The Morgan fingerprint density at radius 1 is 1.09 bits per heavy atom. The van der Waals surface area contributed by atoms with Gasteiger partial charge in [0, 0.05) is 19.4 Å². The molecule has 192 valence electrons. The summed E-state index contributed by atoms with van der Waals surface area (Å²) < 4.78 is 0. The number of ketones is 2. The minimum absolute atomic E-state index is 0.00381. The third-order valence-corrected chi connectivity index (χ3v) is 7.12. The first-order chi connectivity index (χ1) is 16.6. The van der Waals surface area contributed by atoms with E-state index in [0.717, 1.165) is 31.4 Å². The van der Waals surface area contributed by atoms with E-state index in [1.807, 2.05) is 44.2 Å². The van der Waals surface area contributed by atoms with Gasteiger partial charge in [0.05, 0.1) is 23.5 Å². The third-order valence-electron chi connectivity index (χ3n) is 7.12. The van der Waals surface area contributed by atoms with E-state index in [-0.39, 0.29) is 48.2 Å². The van der Waals surface area contributed by atoms with Gasteiger partial charge >= 0.3 is 0 Å². The standard InChI is InChI=1S/C28H41N3O4/c1-19(2)16-22(24(32)17-20-10-6-5-7-11-20)30-27(35)28(3,4)18-25(33)23-13-9-15-31(23)26(34)21-12-8-14-29-21/h5-7,10-11,19,21-23,29H,8-9,12-18H2,1-4H3,(H,30,35). The highest BCUT2D eigenvalue weighted by Crippen LogP contribution is 2.28. The lowest BCUT2D eigenvalue weighted by atomic mass is 9.83. The average Bonchev–Trinajstić information content (AvgIpc) is 3.50. The topological polar surface area (TPSA) is 95.6 Å². The molecule has 0 aliphatic carbocycles. The van der Waals surface area contributed by atoms with Gasteiger partial charge in [-0.05, 0) is 50.1 Å². The summed E-state index contributed by atoms with van der Waals surface area (Å²) in [6, 6.07) is 8.24. The van der Waals surface area contributed by atoms with Crippen LogP contribution in [0.4, 0.5) is 0 Å². The van der Waals surface area contributed by atoms with Crippen LogP contribution in [-0.2, 0) is 25.6 Å². The van der Waals surface area contributed by atoms with E-state index in [2.05, 4.69) is 10.6 Å². The van der Waals surface area contributed by atoms with Gasteiger partial charge in [-0.25, -0.2) is 0 Å². The first-order valence-corrected chi connectivity index (χ1v) is 13.0. The molecule has 2 aliphatic heterocycles. The Morgan fingerprint density at radius 2 is 1.80 bits per heavy atom. The Morgan fingerprint density at radius 3 is 2.43 bits per heavy atom. The molecule has 0 radical (unpaired) electrons. The molecule has 0 spiro atoms. The van der Waals surface area contributed by atoms with Crippen LogP contribution >= 0.6 is 0 Å². The number of benzene rings is 1. The number of amides is 2. The number of likely N-dealkylation sites (tertiary alicyclic amines) is 1. The summed E-state index contributed by atoms with van der Waals surface area (Å²) in [4.78, 5) is 54.3. The van der Waals surface area contributed by atoms with E-state index in [0.29, 0.717) is 19.4 Å². The molecule has 2 heterocycles. The number of Topliss-reactive ketones (excluding diaryl/α,β-unsaturated/α-hetero) is 2. The number of hydrogen-bond acceptors (Lipinski definition) is 5. The van der Waals surface area contributed by atoms with Gasteiger partial charge < -0.3 is 15.5 Å². The number of hydrogen-bond donors (Lipinski definition) is 2. The first kappa shape index (κ1) is 27.1. The summed E-state index contributed by atoms with van der Waals surface area (Å²) in [7, 11) is 0. The van der Waals surface area contributed by atoms with Crippen LogP contribution in [0.3, 0.4) is 0 Å². The first-order valence-electron chi connectivity index (χ1n) is 13.0. The van der Waals surface area contributed by atoms with Crippen molar-refractivity contribution in [1.82, 2.24) is 15.5 Å². The number of nitrogens with one attached hydrogen (secondary N) is 2. The molecule has 35 heavy (non-hydrogen) atoms. The van der Waals surface area contributed by atoms with Crippen molar-refractivity contribution in [2.24, 2.45) is 11.3 Å². The molecule has 2 N–H and O–H groups in total. The Bertz CT molecular complexity index is 906. The predicted molar refractivity (Wildman–Crippen MR) is 136 cm³/mol. The monoisotopic (exact) mass is 483 g/mol. The van der Waals surface area contributed by atoms with Gasteiger partial charge in [0.25, 0.3) is 0 Å². The zero-order valence-electron chi connectivity index (χ0n) is 21.6. The summed E-state index contributed by atoms with van der Waals surface area (Å²) in [5, 5.41) is 6.18. The van der Waals surface area contributed by atoms with E-state index in [1.54, 1.807) is 18.7 Å². The summed E-state index contributed by atoms with van der Waals surface area (Å²) in [5.41, 5.74) is -0.0693. The average molecular weight is 484 g/mol. The molecule has 3 rings (SSSR count). The van der Waals surface area contributed by atoms with Crippen LogP contribution < -0.4 is 10.6 Å². The van der Waals surface area contributed by atoms with Gasteiger partial charge in [0.2, 0.25) is 11.8 Å². The highest BCUT2D eigenvalue weighted by molar-refractivity contribution is 5.97. The van der Waals surface area contributed by atoms with E-state index < -0.39 is 17.5 Å². The molecule has 0 bridgehead atoms. The summed E-state index contributed by atoms with van der Waals surface area (Å²) in [5.74, 6) is -0.176. The van der Waals surface area contributed by atoms with Gasteiger partial charge in [-0.2, -0.15) is 0 Å². The maximum Gasteiger partial charge on any atom is 0.240 e. The number of rotatable bonds is 11. The van der Waals surface area contributed by atoms with Crippen molar-refractivity contribution >= 4 is 23.4 Å². The van der Waals surface area contributed by atoms with E-state index in [4.69, 9.17) is 0 Å². The Labute approximate surface area is 209 Å². The molecule has 3 atom stereocenters. The predicted octanol–water partition coefficient (Wildman–Crippen LogP) is 3.06. The summed E-state index contributed by atoms with van der Waals surface area (Å²) in [6.07, 6.45) is 4.04. The summed E-state index contributed by atoms with van der Waals surface area (Å²) >= 11 is 0. The molecule has 7 nitrogen and oxygen atoms in total. The second-order valence-corrected chi connectivity index (χ2v) is 11.1. The maximum absolute atomic E-state index is 13.3. The number of carbonyl (C=O) groups excluding carboxylic acids is 4. The van der Waals surface area contributed by atoms with Crippen LogP contribution in [0.15, 0.2) is 30.3 Å². The molecular formula is C28H41N3O4. The molecule has 2 fully saturated rings. The fourth-order valence-electron chi connectivity index (χ4n) is 5.11. The minimum atomic E-state index is -0.984. The van der Waals surface area contributed by atoms with Crippen molar-refractivity contribution in [3.8, 4) is 0 Å². The zero-order chi connectivity index (χ0) is 25.6. The minimum Gasteiger partial charge on any atom is -0.346 e. The Hall–Kier alpha value is -2.54. The fraction of sp³-hybridized carbons (Fsp3) is 0.643. The molecule has 2 amide bonds. The van der Waals surface area contributed by atoms with Crippen LogP contribution in [0.25, 0.3) is 0 Å². The van der Waals surface area contributed by atoms with Gasteiger partial charge in [-0.3, -0.25) is 19.2 Å². The third kappa shape index (κ3) is 7.23. The SMILES string of the molecule is CC(C)CC(NC(=O)C(C)(C)CC(=O)C1CCCN1C(=O)C1CCCN1)C(=O)Cc1ccccc1. The van der Waals surface area contributed by atoms with Gasteiger partial charge in [-0.15, -0.1) is 0 Å². The van der Waals surface area contributed by atoms with Crippen LogP contribution in [0.5, 0.6) is 0 Å². The molecule has 0 saturated carbocycles. The Balaban J connectivity index is 1.63. The van der Waals surface area contributed by atoms with Crippen molar-refractivity contribution in [1.29, 1.82) is 0 Å². The largest absolute Gasteiger partial charge is 0.346 e. The Kier molecular flexibility index (Phi) is 9.22. The van der Waals surface area contributed by atoms with Crippen molar-refractivity contribution in [3.05, 3.63) is 35.9 Å². The van der Waals surface area contributed by atoms with E-state index in [1.165, 1.54) is 0 Å². The second-order valence-electron chi connectivity index (χ2n) is 11.1. The molecule has 3 unspecified atom stereocenters. The van der Waals surface area contributed by atoms with Crippen LogP contribution in [0.1, 0.15) is 71.8 Å². The highest BCUT2D eigenvalue weighted by Gasteiger charge is 2.41. The summed E-state index contributed by atoms with van der Waals surface area (Å²) in [6.45, 7) is 8.95. The smallest absolute Gasteiger partial charge is 0.240 e. The molecule has 0 aromatic heterocycles. The van der Waals surface area contributed by atoms with Crippen molar-refractivity contribution < 1.29 is 19.2 Å². The quantitative estimate of drug-likeness (QED) is 0.504. The molecule has 1 aromatic rings. The maximum atomic E-state index is 13.3. The van der Waals surface area contributed by atoms with Gasteiger partial charge in [0.15, 0.2) is 11.6 Å². The zero-order valence-corrected chi connectivity index (χ0v) is 21.6. The van der Waals surface area contributed by atoms with Crippen LogP contribution in [0, 0.1) is 11.3 Å². The molecule has 2 aliphatic rings. The van der Waals surface area contributed by atoms with Crippen LogP contribution in [0.2, 0.25) is 0 Å². The van der Waals surface area contributed by atoms with Gasteiger partial charge in [-0.1, -0.05) is 58.0 Å². The number of carbonyl (C=O) groups is 4. The molecule has 2 saturated heterocycles. The van der Waals surface area contributed by atoms with Crippen molar-refractivity contribution in [2.45, 2.75) is 90.8 Å². The van der Waals surface area contributed by atoms with E-state index >= 15 is 0 Å². The highest BCUT2D eigenvalue weighted by atomic mass is 16.2. The number of nitrogens with zero attached hydrogens (tertiary/aromatic N) is 1. The normalized spacial score (nSPS) is 21.2. The van der Waals surface area contributed by atoms with E-state index in [9.17, 15) is 19.2 Å². The lowest BCUT2D eigenvalue weighted by molar-refractivity contribution is -0.141. The lowest BCUT2D eigenvalue weighted by Gasteiger charge is -2.31. The van der Waals surface area contributed by atoms with Crippen molar-refractivity contribution in [3.63, 3.8) is 0 Å². The lowest BCUT2D eigenvalue weighted by Crippen LogP contribution is -2.51. The second kappa shape index (κ2) is 11.9. The van der Waals surface area contributed by atoms with Gasteiger partial charge in [0.1, 0.15) is 0 Å². The van der Waals surface area contributed by atoms with Crippen molar-refractivity contribution in [2.75, 3.05) is 13.1 Å². The molecular weight excluding hydrogens is 442 g/mol. The van der Waals surface area contributed by atoms with Crippen LogP contribution in [-0.4, -0.2) is 59.5 Å². The molecule has 7 heteroatoms.